The Kier molecular flexibility index (Phi) is 11.6. The number of nitrogens with zero attached hydrogens (tertiary/aromatic N) is 1. The fourth-order valence-corrected chi connectivity index (χ4v) is 5.60. The minimum absolute atomic E-state index is 0.0154. The molecular weight excluding hydrogens is 496 g/mol. The van der Waals surface area contributed by atoms with E-state index in [4.69, 9.17) is 0 Å². The Bertz CT molecular complexity index is 1120. The first-order valence-electron chi connectivity index (χ1n) is 14.9. The molecule has 2 unspecified atom stereocenters. The highest BCUT2D eigenvalue weighted by molar-refractivity contribution is 5.94. The van der Waals surface area contributed by atoms with Crippen molar-refractivity contribution in [3.8, 4) is 0 Å². The molecule has 0 bridgehead atoms. The Morgan fingerprint density at radius 3 is 2.02 bits per heavy atom. The molecule has 6 nitrogen and oxygen atoms in total. The second-order valence-corrected chi connectivity index (χ2v) is 10.8. The Morgan fingerprint density at radius 1 is 0.800 bits per heavy atom. The zero-order valence-corrected chi connectivity index (χ0v) is 23.7. The van der Waals surface area contributed by atoms with Crippen LogP contribution in [0.3, 0.4) is 0 Å². The van der Waals surface area contributed by atoms with Crippen molar-refractivity contribution in [1.29, 1.82) is 0 Å². The predicted molar refractivity (Wildman–Crippen MR) is 162 cm³/mol. The number of benzene rings is 3. The number of carbonyl (C=O) groups is 2. The summed E-state index contributed by atoms with van der Waals surface area (Å²) in [5.41, 5.74) is 3.07. The molecule has 1 aliphatic heterocycles. The maximum atomic E-state index is 13.1. The van der Waals surface area contributed by atoms with Crippen LogP contribution < -0.4 is 16.0 Å². The maximum absolute atomic E-state index is 13.1. The number of rotatable bonds is 13. The SMILES string of the molecule is CCCCCCCNC(=O)NC1CC(CNC(=O)c2ccccc2)CCN1C(c1ccccc1)c1ccccc1. The lowest BCUT2D eigenvalue weighted by Crippen LogP contribution is -2.56. The monoisotopic (exact) mass is 540 g/mol. The van der Waals surface area contributed by atoms with Gasteiger partial charge in [-0.15, -0.1) is 0 Å². The van der Waals surface area contributed by atoms with E-state index < -0.39 is 0 Å². The van der Waals surface area contributed by atoms with Crippen LogP contribution >= 0.6 is 0 Å². The van der Waals surface area contributed by atoms with Crippen molar-refractivity contribution in [2.45, 2.75) is 64.1 Å². The Labute approximate surface area is 239 Å². The molecule has 0 radical (unpaired) electrons. The van der Waals surface area contributed by atoms with Crippen LogP contribution in [0, 0.1) is 5.92 Å². The van der Waals surface area contributed by atoms with Crippen molar-refractivity contribution < 1.29 is 9.59 Å². The van der Waals surface area contributed by atoms with Crippen LogP contribution in [0.2, 0.25) is 0 Å². The lowest BCUT2D eigenvalue weighted by atomic mass is 9.89. The van der Waals surface area contributed by atoms with Crippen LogP contribution in [0.1, 0.15) is 79.4 Å². The van der Waals surface area contributed by atoms with Gasteiger partial charge in [-0.2, -0.15) is 0 Å². The summed E-state index contributed by atoms with van der Waals surface area (Å²) < 4.78 is 0. The first kappa shape index (κ1) is 29.3. The van der Waals surface area contributed by atoms with Crippen LogP contribution in [0.25, 0.3) is 0 Å². The predicted octanol–water partition coefficient (Wildman–Crippen LogP) is 6.51. The zero-order chi connectivity index (χ0) is 28.0. The molecule has 0 saturated carbocycles. The van der Waals surface area contributed by atoms with E-state index >= 15 is 0 Å². The van der Waals surface area contributed by atoms with Gasteiger partial charge in [0.15, 0.2) is 0 Å². The molecular formula is C34H44N4O2. The summed E-state index contributed by atoms with van der Waals surface area (Å²) >= 11 is 0. The third kappa shape index (κ3) is 8.68. The van der Waals surface area contributed by atoms with E-state index in [1.165, 1.54) is 30.4 Å². The van der Waals surface area contributed by atoms with E-state index in [1.807, 2.05) is 42.5 Å². The van der Waals surface area contributed by atoms with Gasteiger partial charge in [-0.3, -0.25) is 9.69 Å². The van der Waals surface area contributed by atoms with Crippen molar-refractivity contribution >= 4 is 11.9 Å². The fraction of sp³-hybridized carbons (Fsp3) is 0.412. The van der Waals surface area contributed by atoms with Gasteiger partial charge in [0.05, 0.1) is 12.2 Å². The Balaban J connectivity index is 1.47. The normalized spacial score (nSPS) is 17.4. The lowest BCUT2D eigenvalue weighted by molar-refractivity contribution is 0.0645. The highest BCUT2D eigenvalue weighted by atomic mass is 16.2. The maximum Gasteiger partial charge on any atom is 0.316 e. The van der Waals surface area contributed by atoms with E-state index in [0.717, 1.165) is 32.2 Å². The van der Waals surface area contributed by atoms with Crippen LogP contribution in [-0.4, -0.2) is 42.6 Å². The van der Waals surface area contributed by atoms with E-state index in [-0.39, 0.29) is 30.1 Å². The standard InChI is InChI=1S/C34H44N4O2/c1-2-3-4-5-15-23-35-34(40)37-31-25-27(26-36-33(39)30-20-13-8-14-21-30)22-24-38(31)32(28-16-9-6-10-17-28)29-18-11-7-12-19-29/h6-14,16-21,27,31-32H,2-5,15,22-26H2,1H3,(H,36,39)(H2,35,37,40). The summed E-state index contributed by atoms with van der Waals surface area (Å²) in [6, 6.07) is 30.3. The van der Waals surface area contributed by atoms with Gasteiger partial charge >= 0.3 is 6.03 Å². The molecule has 40 heavy (non-hydrogen) atoms. The molecule has 4 rings (SSSR count). The van der Waals surface area contributed by atoms with E-state index in [1.54, 1.807) is 0 Å². The van der Waals surface area contributed by atoms with Crippen LogP contribution in [-0.2, 0) is 0 Å². The molecule has 0 aromatic heterocycles. The third-order valence-electron chi connectivity index (χ3n) is 7.77. The summed E-state index contributed by atoms with van der Waals surface area (Å²) in [5, 5.41) is 9.51. The minimum atomic E-state index is -0.169. The second-order valence-electron chi connectivity index (χ2n) is 10.8. The van der Waals surface area contributed by atoms with Gasteiger partial charge in [0.25, 0.3) is 5.91 Å². The quantitative estimate of drug-likeness (QED) is 0.216. The summed E-state index contributed by atoms with van der Waals surface area (Å²) in [5.74, 6) is 0.204. The molecule has 3 N–H and O–H groups in total. The highest BCUT2D eigenvalue weighted by Gasteiger charge is 2.35. The molecule has 3 aromatic rings. The molecule has 212 valence electrons. The number of likely N-dealkylation sites (tertiary alicyclic amines) is 1. The smallest absolute Gasteiger partial charge is 0.316 e. The highest BCUT2D eigenvalue weighted by Crippen LogP contribution is 2.34. The van der Waals surface area contributed by atoms with E-state index in [9.17, 15) is 9.59 Å². The Hall–Kier alpha value is -3.64. The first-order chi connectivity index (χ1) is 19.7. The molecule has 3 amide bonds. The molecule has 0 aliphatic carbocycles. The number of hydrogen-bond acceptors (Lipinski definition) is 3. The van der Waals surface area contributed by atoms with Crippen LogP contribution in [0.4, 0.5) is 4.79 Å². The number of piperidine rings is 1. The number of carbonyl (C=O) groups excluding carboxylic acids is 2. The molecule has 0 spiro atoms. The molecule has 6 heteroatoms. The molecule has 1 saturated heterocycles. The van der Waals surface area contributed by atoms with Crippen molar-refractivity contribution in [3.63, 3.8) is 0 Å². The minimum Gasteiger partial charge on any atom is -0.352 e. The molecule has 1 heterocycles. The van der Waals surface area contributed by atoms with Gasteiger partial charge in [-0.25, -0.2) is 4.79 Å². The first-order valence-corrected chi connectivity index (χ1v) is 14.9. The van der Waals surface area contributed by atoms with E-state index in [0.29, 0.717) is 18.7 Å². The molecule has 1 aliphatic rings. The topological polar surface area (TPSA) is 73.5 Å². The average Bonchev–Trinajstić information content (AvgIpc) is 3.00. The van der Waals surface area contributed by atoms with Crippen LogP contribution in [0.15, 0.2) is 91.0 Å². The third-order valence-corrected chi connectivity index (χ3v) is 7.77. The van der Waals surface area contributed by atoms with Gasteiger partial charge in [-0.05, 0) is 48.4 Å². The molecule has 3 aromatic carbocycles. The zero-order valence-electron chi connectivity index (χ0n) is 23.7. The molecule has 2 atom stereocenters. The lowest BCUT2D eigenvalue weighted by Gasteiger charge is -2.44. The number of nitrogens with one attached hydrogen (secondary N) is 3. The van der Waals surface area contributed by atoms with Gasteiger partial charge in [-0.1, -0.05) is 111 Å². The summed E-state index contributed by atoms with van der Waals surface area (Å²) in [7, 11) is 0. The van der Waals surface area contributed by atoms with Crippen molar-refractivity contribution in [2.75, 3.05) is 19.6 Å². The van der Waals surface area contributed by atoms with Crippen molar-refractivity contribution in [1.82, 2.24) is 20.9 Å². The van der Waals surface area contributed by atoms with Gasteiger partial charge in [0, 0.05) is 25.2 Å². The fourth-order valence-electron chi connectivity index (χ4n) is 5.60. The van der Waals surface area contributed by atoms with E-state index in [2.05, 4.69) is 76.3 Å². The van der Waals surface area contributed by atoms with Crippen LogP contribution in [0.5, 0.6) is 0 Å². The van der Waals surface area contributed by atoms with Gasteiger partial charge < -0.3 is 16.0 Å². The van der Waals surface area contributed by atoms with Crippen molar-refractivity contribution in [3.05, 3.63) is 108 Å². The van der Waals surface area contributed by atoms with Gasteiger partial charge in [0.1, 0.15) is 0 Å². The second kappa shape index (κ2) is 15.8. The summed E-state index contributed by atoms with van der Waals surface area (Å²) in [6.07, 6.45) is 7.32. The van der Waals surface area contributed by atoms with Gasteiger partial charge in [0.2, 0.25) is 0 Å². The number of urea groups is 1. The largest absolute Gasteiger partial charge is 0.352 e. The molecule has 1 fully saturated rings. The number of amides is 3. The number of unbranched alkanes of at least 4 members (excludes halogenated alkanes) is 4. The summed E-state index contributed by atoms with van der Waals surface area (Å²) in [6.45, 7) is 4.28. The summed E-state index contributed by atoms with van der Waals surface area (Å²) in [4.78, 5) is 28.2. The Morgan fingerprint density at radius 2 is 1.40 bits per heavy atom. The average molecular weight is 541 g/mol. The number of hydrogen-bond donors (Lipinski definition) is 3. The van der Waals surface area contributed by atoms with Crippen molar-refractivity contribution in [2.24, 2.45) is 5.92 Å².